The van der Waals surface area contributed by atoms with E-state index in [9.17, 15) is 14.0 Å². The van der Waals surface area contributed by atoms with Crippen molar-refractivity contribution in [1.82, 2.24) is 9.80 Å². The van der Waals surface area contributed by atoms with E-state index in [0.29, 0.717) is 25.3 Å². The number of hydrazone groups is 1. The highest BCUT2D eigenvalue weighted by molar-refractivity contribution is 6.40. The van der Waals surface area contributed by atoms with Gasteiger partial charge in [0.25, 0.3) is 5.91 Å². The first-order chi connectivity index (χ1) is 14.3. The Labute approximate surface area is 175 Å². The van der Waals surface area contributed by atoms with Crippen molar-refractivity contribution in [2.75, 3.05) is 32.2 Å². The maximum Gasteiger partial charge on any atom is 0.270 e. The fourth-order valence-corrected chi connectivity index (χ4v) is 3.25. The van der Waals surface area contributed by atoms with Crippen LogP contribution >= 0.6 is 0 Å². The molecule has 0 bridgehead atoms. The van der Waals surface area contributed by atoms with Gasteiger partial charge in [0, 0.05) is 26.1 Å². The van der Waals surface area contributed by atoms with Crippen LogP contribution in [0.2, 0.25) is 0 Å². The molecule has 2 aromatic carbocycles. The van der Waals surface area contributed by atoms with Crippen molar-refractivity contribution in [2.45, 2.75) is 19.0 Å². The van der Waals surface area contributed by atoms with Crippen LogP contribution in [0.4, 0.5) is 10.1 Å². The highest BCUT2D eigenvalue weighted by atomic mass is 19.1. The van der Waals surface area contributed by atoms with Crippen LogP contribution in [0.15, 0.2) is 59.7 Å². The third kappa shape index (κ3) is 5.21. The largest absolute Gasteiger partial charge is 0.368 e. The fourth-order valence-electron chi connectivity index (χ4n) is 3.25. The molecule has 0 aliphatic carbocycles. The SMILES string of the molecule is CN(C)CCN(Cc1ccc(F)cc1)C(=O)C1=NN(c2ccccc2)C(C(N)=O)C1. The molecule has 30 heavy (non-hydrogen) atoms. The molecular weight excluding hydrogens is 385 g/mol. The van der Waals surface area contributed by atoms with Crippen LogP contribution in [-0.4, -0.2) is 60.6 Å². The number of hydrogen-bond acceptors (Lipinski definition) is 5. The molecule has 0 aromatic heterocycles. The van der Waals surface area contributed by atoms with E-state index in [4.69, 9.17) is 5.73 Å². The molecule has 0 spiro atoms. The number of likely N-dealkylation sites (N-methyl/N-ethyl adjacent to an activating group) is 1. The predicted molar refractivity (Wildman–Crippen MR) is 114 cm³/mol. The summed E-state index contributed by atoms with van der Waals surface area (Å²) in [4.78, 5) is 28.9. The van der Waals surface area contributed by atoms with Crippen LogP contribution in [0.1, 0.15) is 12.0 Å². The van der Waals surface area contributed by atoms with Gasteiger partial charge in [0.2, 0.25) is 5.91 Å². The summed E-state index contributed by atoms with van der Waals surface area (Å²) < 4.78 is 13.2. The van der Waals surface area contributed by atoms with E-state index in [-0.39, 0.29) is 23.9 Å². The normalized spacial score (nSPS) is 15.9. The molecule has 1 aliphatic heterocycles. The van der Waals surface area contributed by atoms with Gasteiger partial charge in [-0.15, -0.1) is 0 Å². The Morgan fingerprint density at radius 3 is 2.37 bits per heavy atom. The van der Waals surface area contributed by atoms with E-state index in [0.717, 1.165) is 5.56 Å². The average Bonchev–Trinajstić information content (AvgIpc) is 3.18. The van der Waals surface area contributed by atoms with E-state index in [1.807, 2.05) is 49.3 Å². The molecule has 2 N–H and O–H groups in total. The summed E-state index contributed by atoms with van der Waals surface area (Å²) in [5.41, 5.74) is 7.37. The third-order valence-electron chi connectivity index (χ3n) is 4.90. The summed E-state index contributed by atoms with van der Waals surface area (Å²) in [5.74, 6) is -1.12. The standard InChI is InChI=1S/C22H26FN5O2/c1-26(2)12-13-27(15-16-8-10-17(23)11-9-16)22(30)19-14-20(21(24)29)28(25-19)18-6-4-3-5-7-18/h3-11,20H,12-15H2,1-2H3,(H2,24,29). The first-order valence-electron chi connectivity index (χ1n) is 9.74. The minimum Gasteiger partial charge on any atom is -0.368 e. The second-order valence-corrected chi connectivity index (χ2v) is 7.51. The molecule has 2 amide bonds. The Kier molecular flexibility index (Phi) is 6.79. The number of nitrogens with two attached hydrogens (primary N) is 1. The Balaban J connectivity index is 1.84. The third-order valence-corrected chi connectivity index (χ3v) is 4.90. The van der Waals surface area contributed by atoms with Crippen molar-refractivity contribution in [3.8, 4) is 0 Å². The summed E-state index contributed by atoms with van der Waals surface area (Å²) in [7, 11) is 3.85. The lowest BCUT2D eigenvalue weighted by Crippen LogP contribution is -2.41. The lowest BCUT2D eigenvalue weighted by Gasteiger charge is -2.24. The molecule has 158 valence electrons. The first kappa shape index (κ1) is 21.4. The highest BCUT2D eigenvalue weighted by Crippen LogP contribution is 2.25. The van der Waals surface area contributed by atoms with Gasteiger partial charge in [-0.3, -0.25) is 14.6 Å². The fraction of sp³-hybridized carbons (Fsp3) is 0.318. The van der Waals surface area contributed by atoms with E-state index in [2.05, 4.69) is 5.10 Å². The minimum atomic E-state index is -0.715. The number of primary amides is 1. The minimum absolute atomic E-state index is 0.144. The molecule has 0 radical (unpaired) electrons. The summed E-state index contributed by atoms with van der Waals surface area (Å²) in [6.07, 6.45) is 0.144. The number of halogens is 1. The number of carbonyl (C=O) groups excluding carboxylic acids is 2. The quantitative estimate of drug-likeness (QED) is 0.719. The Hall–Kier alpha value is -3.26. The number of anilines is 1. The number of carbonyl (C=O) groups is 2. The lowest BCUT2D eigenvalue weighted by molar-refractivity contribution is -0.124. The van der Waals surface area contributed by atoms with Crippen molar-refractivity contribution in [3.63, 3.8) is 0 Å². The van der Waals surface area contributed by atoms with E-state index >= 15 is 0 Å². The topological polar surface area (TPSA) is 82.2 Å². The molecule has 1 unspecified atom stereocenters. The maximum absolute atomic E-state index is 13.3. The molecule has 0 saturated carbocycles. The second-order valence-electron chi connectivity index (χ2n) is 7.51. The van der Waals surface area contributed by atoms with Crippen molar-refractivity contribution in [2.24, 2.45) is 10.8 Å². The second kappa shape index (κ2) is 9.49. The molecule has 1 heterocycles. The number of benzene rings is 2. The zero-order valence-electron chi connectivity index (χ0n) is 17.2. The summed E-state index contributed by atoms with van der Waals surface area (Å²) in [6.45, 7) is 1.44. The molecule has 0 saturated heterocycles. The van der Waals surface area contributed by atoms with E-state index in [1.165, 1.54) is 17.1 Å². The zero-order chi connectivity index (χ0) is 21.7. The molecule has 1 atom stereocenters. The monoisotopic (exact) mass is 411 g/mol. The lowest BCUT2D eigenvalue weighted by atomic mass is 10.1. The van der Waals surface area contributed by atoms with E-state index < -0.39 is 11.9 Å². The van der Waals surface area contributed by atoms with Crippen LogP contribution in [0.25, 0.3) is 0 Å². The van der Waals surface area contributed by atoms with Gasteiger partial charge >= 0.3 is 0 Å². The molecular formula is C22H26FN5O2. The van der Waals surface area contributed by atoms with Gasteiger partial charge in [-0.1, -0.05) is 30.3 Å². The van der Waals surface area contributed by atoms with Gasteiger partial charge in [0.15, 0.2) is 0 Å². The van der Waals surface area contributed by atoms with Crippen LogP contribution in [0, 0.1) is 5.82 Å². The van der Waals surface area contributed by atoms with Gasteiger partial charge in [-0.25, -0.2) is 4.39 Å². The van der Waals surface area contributed by atoms with Crippen LogP contribution in [0.3, 0.4) is 0 Å². The Bertz CT molecular complexity index is 915. The summed E-state index contributed by atoms with van der Waals surface area (Å²) in [6, 6.07) is 14.5. The molecule has 8 heteroatoms. The van der Waals surface area contributed by atoms with Gasteiger partial charge in [-0.05, 0) is 43.9 Å². The van der Waals surface area contributed by atoms with Gasteiger partial charge in [0.05, 0.1) is 5.69 Å². The van der Waals surface area contributed by atoms with E-state index in [1.54, 1.807) is 17.0 Å². The Morgan fingerprint density at radius 1 is 1.10 bits per heavy atom. The number of rotatable bonds is 8. The molecule has 3 rings (SSSR count). The maximum atomic E-state index is 13.3. The zero-order valence-corrected chi connectivity index (χ0v) is 17.2. The predicted octanol–water partition coefficient (Wildman–Crippen LogP) is 1.84. The van der Waals surface area contributed by atoms with Crippen LogP contribution in [-0.2, 0) is 16.1 Å². The van der Waals surface area contributed by atoms with Crippen LogP contribution < -0.4 is 10.7 Å². The van der Waals surface area contributed by atoms with Crippen molar-refractivity contribution >= 4 is 23.2 Å². The Morgan fingerprint density at radius 2 is 1.77 bits per heavy atom. The van der Waals surface area contributed by atoms with Crippen molar-refractivity contribution in [1.29, 1.82) is 0 Å². The van der Waals surface area contributed by atoms with Crippen molar-refractivity contribution in [3.05, 3.63) is 66.0 Å². The number of hydrogen-bond donors (Lipinski definition) is 1. The van der Waals surface area contributed by atoms with Gasteiger partial charge in [-0.2, -0.15) is 5.10 Å². The molecule has 0 fully saturated rings. The number of para-hydroxylation sites is 1. The average molecular weight is 411 g/mol. The molecule has 2 aromatic rings. The van der Waals surface area contributed by atoms with Crippen molar-refractivity contribution < 1.29 is 14.0 Å². The van der Waals surface area contributed by atoms with Crippen LogP contribution in [0.5, 0.6) is 0 Å². The smallest absolute Gasteiger partial charge is 0.270 e. The molecule has 1 aliphatic rings. The number of nitrogens with zero attached hydrogens (tertiary/aromatic N) is 4. The summed E-state index contributed by atoms with van der Waals surface area (Å²) >= 11 is 0. The first-order valence-corrected chi connectivity index (χ1v) is 9.74. The van der Waals surface area contributed by atoms with Gasteiger partial charge in [0.1, 0.15) is 17.6 Å². The summed E-state index contributed by atoms with van der Waals surface area (Å²) in [5, 5.41) is 5.96. The van der Waals surface area contributed by atoms with Gasteiger partial charge < -0.3 is 15.5 Å². The highest BCUT2D eigenvalue weighted by Gasteiger charge is 2.36. The molecule has 7 nitrogen and oxygen atoms in total. The number of amides is 2.